The Hall–Kier alpha value is -4.94. The van der Waals surface area contributed by atoms with E-state index in [1.807, 2.05) is 48.5 Å². The van der Waals surface area contributed by atoms with Gasteiger partial charge in [-0.2, -0.15) is 0 Å². The third-order valence-electron chi connectivity index (χ3n) is 6.88. The highest BCUT2D eigenvalue weighted by Crippen LogP contribution is 2.44. The van der Waals surface area contributed by atoms with Crippen molar-refractivity contribution >= 4 is 35.7 Å². The highest BCUT2D eigenvalue weighted by Gasteiger charge is 2.36. The molecule has 0 aromatic heterocycles. The Bertz CT molecular complexity index is 1300. The molecule has 0 unspecified atom stereocenters. The van der Waals surface area contributed by atoms with Crippen molar-refractivity contribution in [2.45, 2.75) is 24.8 Å². The van der Waals surface area contributed by atoms with Crippen LogP contribution in [0.25, 0.3) is 11.1 Å². The summed E-state index contributed by atoms with van der Waals surface area (Å²) in [4.78, 5) is 72.8. The first-order valence-corrected chi connectivity index (χ1v) is 13.2. The lowest BCUT2D eigenvalue weighted by atomic mass is 9.98. The molecule has 0 bridgehead atoms. The van der Waals surface area contributed by atoms with Gasteiger partial charge in [0.2, 0.25) is 23.6 Å². The van der Waals surface area contributed by atoms with E-state index in [9.17, 15) is 28.8 Å². The van der Waals surface area contributed by atoms with Crippen molar-refractivity contribution in [1.29, 1.82) is 0 Å². The number of nitrogens with one attached hydrogen (secondary N) is 4. The third kappa shape index (κ3) is 7.38. The Kier molecular flexibility index (Phi) is 9.51. The van der Waals surface area contributed by atoms with Crippen LogP contribution in [0, 0.1) is 0 Å². The lowest BCUT2D eigenvalue weighted by molar-refractivity contribution is -0.137. The van der Waals surface area contributed by atoms with Gasteiger partial charge in [0.05, 0.1) is 19.6 Å². The van der Waals surface area contributed by atoms with E-state index < -0.39 is 67.9 Å². The fourth-order valence-electron chi connectivity index (χ4n) is 4.94. The topological polar surface area (TPSA) is 183 Å². The van der Waals surface area contributed by atoms with Gasteiger partial charge in [0.1, 0.15) is 19.2 Å². The zero-order valence-electron chi connectivity index (χ0n) is 22.2. The Morgan fingerprint density at radius 2 is 1.27 bits per heavy atom. The average Bonchev–Trinajstić information content (AvgIpc) is 3.59. The van der Waals surface area contributed by atoms with Gasteiger partial charge in [0, 0.05) is 12.5 Å². The standard InChI is InChI=1S/C28H31N5O8/c34-23(29-13-24(35)31-15-26(37)38)12-30-25(36)14-32-27(39)22-10-5-11-33(22)28(40)41-16-21-19-8-3-1-6-17(19)18-7-2-4-9-20(18)21/h1-4,6-9,21-22H,5,10-16H2,(H,29,34)(H,30,36)(H,31,35)(H,32,39)(H,37,38)/t22-/m1/s1. The van der Waals surface area contributed by atoms with Crippen molar-refractivity contribution in [2.24, 2.45) is 0 Å². The number of carbonyl (C=O) groups excluding carboxylic acids is 5. The minimum absolute atomic E-state index is 0.110. The molecule has 0 radical (unpaired) electrons. The Morgan fingerprint density at radius 1 is 0.756 bits per heavy atom. The average molecular weight is 566 g/mol. The molecule has 13 heteroatoms. The summed E-state index contributed by atoms with van der Waals surface area (Å²) in [5.74, 6) is -3.86. The van der Waals surface area contributed by atoms with Crippen LogP contribution in [0.2, 0.25) is 0 Å². The number of hydrogen-bond donors (Lipinski definition) is 5. The van der Waals surface area contributed by atoms with Crippen molar-refractivity contribution < 1.29 is 38.6 Å². The van der Waals surface area contributed by atoms with E-state index in [4.69, 9.17) is 9.84 Å². The number of carbonyl (C=O) groups is 6. The summed E-state index contributed by atoms with van der Waals surface area (Å²) in [6.07, 6.45) is 0.427. The van der Waals surface area contributed by atoms with Gasteiger partial charge >= 0.3 is 12.1 Å². The van der Waals surface area contributed by atoms with E-state index in [2.05, 4.69) is 21.3 Å². The molecule has 4 rings (SSSR count). The number of rotatable bonds is 11. The number of amides is 5. The van der Waals surface area contributed by atoms with Crippen molar-refractivity contribution in [3.63, 3.8) is 0 Å². The summed E-state index contributed by atoms with van der Waals surface area (Å²) in [5, 5.41) is 17.6. The van der Waals surface area contributed by atoms with Gasteiger partial charge in [0.15, 0.2) is 0 Å². The predicted molar refractivity (Wildman–Crippen MR) is 144 cm³/mol. The molecule has 2 aromatic carbocycles. The lowest BCUT2D eigenvalue weighted by Crippen LogP contribution is -2.49. The number of benzene rings is 2. The zero-order valence-corrected chi connectivity index (χ0v) is 22.2. The molecule has 0 saturated carbocycles. The first-order valence-electron chi connectivity index (χ1n) is 13.2. The molecule has 216 valence electrons. The van der Waals surface area contributed by atoms with Crippen molar-refractivity contribution in [2.75, 3.05) is 39.3 Å². The minimum Gasteiger partial charge on any atom is -0.480 e. The first kappa shape index (κ1) is 29.1. The maximum absolute atomic E-state index is 13.0. The van der Waals surface area contributed by atoms with Crippen LogP contribution in [0.5, 0.6) is 0 Å². The molecule has 1 atom stereocenters. The number of carboxylic acids is 1. The van der Waals surface area contributed by atoms with E-state index in [1.165, 1.54) is 4.90 Å². The number of nitrogens with zero attached hydrogens (tertiary/aromatic N) is 1. The molecule has 13 nitrogen and oxygen atoms in total. The van der Waals surface area contributed by atoms with Crippen LogP contribution >= 0.6 is 0 Å². The van der Waals surface area contributed by atoms with E-state index in [-0.39, 0.29) is 12.5 Å². The molecule has 5 amide bonds. The van der Waals surface area contributed by atoms with Gasteiger partial charge < -0.3 is 31.1 Å². The van der Waals surface area contributed by atoms with Crippen molar-refractivity contribution in [3.05, 3.63) is 59.7 Å². The first-order chi connectivity index (χ1) is 19.7. The highest BCUT2D eigenvalue weighted by molar-refractivity contribution is 5.92. The molecular weight excluding hydrogens is 534 g/mol. The quantitative estimate of drug-likeness (QED) is 0.251. The van der Waals surface area contributed by atoms with E-state index >= 15 is 0 Å². The minimum atomic E-state index is -1.22. The second kappa shape index (κ2) is 13.4. The molecule has 1 fully saturated rings. The SMILES string of the molecule is O=C(O)CNC(=O)CNC(=O)CNC(=O)CNC(=O)[C@H]1CCCN1C(=O)OCC1c2ccccc2-c2ccccc21. The molecule has 41 heavy (non-hydrogen) atoms. The van der Waals surface area contributed by atoms with Crippen LogP contribution in [-0.4, -0.2) is 91.1 Å². The lowest BCUT2D eigenvalue weighted by Gasteiger charge is -2.24. The molecule has 1 aliphatic carbocycles. The number of fused-ring (bicyclic) bond motifs is 3. The largest absolute Gasteiger partial charge is 0.480 e. The monoisotopic (exact) mass is 565 g/mol. The van der Waals surface area contributed by atoms with Crippen molar-refractivity contribution in [3.8, 4) is 11.1 Å². The molecule has 2 aromatic rings. The van der Waals surface area contributed by atoms with Gasteiger partial charge in [-0.25, -0.2) is 4.79 Å². The third-order valence-corrected chi connectivity index (χ3v) is 6.88. The summed E-state index contributed by atoms with van der Waals surface area (Å²) in [6, 6.07) is 15.2. The Morgan fingerprint density at radius 3 is 1.83 bits per heavy atom. The molecule has 2 aliphatic rings. The fraction of sp³-hybridized carbons (Fsp3) is 0.357. The summed E-state index contributed by atoms with van der Waals surface area (Å²) in [6.45, 7) is -1.42. The van der Waals surface area contributed by atoms with Gasteiger partial charge in [-0.1, -0.05) is 48.5 Å². The maximum Gasteiger partial charge on any atom is 0.410 e. The Balaban J connectivity index is 1.20. The number of likely N-dealkylation sites (tertiary alicyclic amines) is 1. The molecular formula is C28H31N5O8. The number of ether oxygens (including phenoxy) is 1. The fourth-order valence-corrected chi connectivity index (χ4v) is 4.94. The number of aliphatic carboxylic acids is 1. The van der Waals surface area contributed by atoms with Crippen LogP contribution in [0.1, 0.15) is 29.9 Å². The molecule has 0 spiro atoms. The molecule has 5 N–H and O–H groups in total. The van der Waals surface area contributed by atoms with Crippen LogP contribution < -0.4 is 21.3 Å². The van der Waals surface area contributed by atoms with Gasteiger partial charge in [0.25, 0.3) is 0 Å². The van der Waals surface area contributed by atoms with Gasteiger partial charge in [-0.05, 0) is 35.1 Å². The summed E-state index contributed by atoms with van der Waals surface area (Å²) >= 11 is 0. The van der Waals surface area contributed by atoms with Crippen LogP contribution in [0.3, 0.4) is 0 Å². The summed E-state index contributed by atoms with van der Waals surface area (Å²) < 4.78 is 5.69. The van der Waals surface area contributed by atoms with Gasteiger partial charge in [-0.15, -0.1) is 0 Å². The second-order valence-corrected chi connectivity index (χ2v) is 9.60. The van der Waals surface area contributed by atoms with E-state index in [0.29, 0.717) is 19.4 Å². The number of hydrogen-bond acceptors (Lipinski definition) is 7. The second-order valence-electron chi connectivity index (χ2n) is 9.60. The smallest absolute Gasteiger partial charge is 0.410 e. The van der Waals surface area contributed by atoms with Gasteiger partial charge in [-0.3, -0.25) is 28.9 Å². The predicted octanol–water partition coefficient (Wildman–Crippen LogP) is -0.0507. The molecule has 1 saturated heterocycles. The number of carboxylic acid groups (broad SMARTS) is 1. The normalized spacial score (nSPS) is 15.3. The van der Waals surface area contributed by atoms with E-state index in [1.54, 1.807) is 0 Å². The highest BCUT2D eigenvalue weighted by atomic mass is 16.6. The molecule has 1 aliphatic heterocycles. The Labute approximate surface area is 235 Å². The van der Waals surface area contributed by atoms with Crippen LogP contribution in [0.4, 0.5) is 4.79 Å². The summed E-state index contributed by atoms with van der Waals surface area (Å²) in [5.41, 5.74) is 4.39. The van der Waals surface area contributed by atoms with E-state index in [0.717, 1.165) is 22.3 Å². The molecule has 1 heterocycles. The van der Waals surface area contributed by atoms with Crippen LogP contribution in [0.15, 0.2) is 48.5 Å². The van der Waals surface area contributed by atoms with Crippen molar-refractivity contribution in [1.82, 2.24) is 26.2 Å². The zero-order chi connectivity index (χ0) is 29.4. The summed E-state index contributed by atoms with van der Waals surface area (Å²) in [7, 11) is 0. The van der Waals surface area contributed by atoms with Crippen LogP contribution in [-0.2, 0) is 28.7 Å². The maximum atomic E-state index is 13.0.